The largest absolute Gasteiger partial charge is 0.497 e. The lowest BCUT2D eigenvalue weighted by Gasteiger charge is -2.30. The Balaban J connectivity index is 1.80. The second-order valence-corrected chi connectivity index (χ2v) is 5.87. The predicted molar refractivity (Wildman–Crippen MR) is 78.7 cm³/mol. The van der Waals surface area contributed by atoms with E-state index in [4.69, 9.17) is 9.47 Å². The highest BCUT2D eigenvalue weighted by molar-refractivity contribution is 5.65. The summed E-state index contributed by atoms with van der Waals surface area (Å²) in [6.45, 7) is 0.624. The van der Waals surface area contributed by atoms with Gasteiger partial charge in [0.05, 0.1) is 18.1 Å². The van der Waals surface area contributed by atoms with Crippen LogP contribution in [-0.2, 0) is 4.74 Å². The van der Waals surface area contributed by atoms with Crippen molar-refractivity contribution >= 4 is 11.4 Å². The van der Waals surface area contributed by atoms with Gasteiger partial charge in [0, 0.05) is 24.8 Å². The number of nitro benzene ring substituents is 1. The Bertz CT molecular complexity index is 577. The second-order valence-electron chi connectivity index (χ2n) is 5.87. The molecule has 1 heterocycles. The van der Waals surface area contributed by atoms with Crippen LogP contribution in [0.4, 0.5) is 15.8 Å². The van der Waals surface area contributed by atoms with E-state index in [1.165, 1.54) is 26.0 Å². The molecule has 22 heavy (non-hydrogen) atoms. The monoisotopic (exact) mass is 310 g/mol. The molecule has 6 nitrogen and oxygen atoms in total. The van der Waals surface area contributed by atoms with Crippen LogP contribution in [0.2, 0.25) is 0 Å². The molecule has 2 aliphatic rings. The number of ether oxygens (including phenoxy) is 2. The Morgan fingerprint density at radius 1 is 1.41 bits per heavy atom. The van der Waals surface area contributed by atoms with Crippen molar-refractivity contribution < 1.29 is 18.8 Å². The molecule has 0 radical (unpaired) electrons. The zero-order valence-corrected chi connectivity index (χ0v) is 12.4. The maximum Gasteiger partial charge on any atom is 0.327 e. The minimum atomic E-state index is -0.891. The smallest absolute Gasteiger partial charge is 0.327 e. The Hall–Kier alpha value is -1.89. The van der Waals surface area contributed by atoms with Gasteiger partial charge in [-0.15, -0.1) is 0 Å². The third-order valence-electron chi connectivity index (χ3n) is 4.28. The van der Waals surface area contributed by atoms with Gasteiger partial charge < -0.3 is 14.8 Å². The third-order valence-corrected chi connectivity index (χ3v) is 4.28. The van der Waals surface area contributed by atoms with Crippen molar-refractivity contribution in [3.8, 4) is 5.75 Å². The van der Waals surface area contributed by atoms with Crippen LogP contribution in [0.5, 0.6) is 5.75 Å². The molecule has 1 saturated heterocycles. The number of methoxy groups -OCH3 is 1. The van der Waals surface area contributed by atoms with Gasteiger partial charge in [-0.3, -0.25) is 10.1 Å². The number of rotatable bonds is 5. The van der Waals surface area contributed by atoms with Gasteiger partial charge in [0.15, 0.2) is 0 Å². The topological polar surface area (TPSA) is 73.6 Å². The lowest BCUT2D eigenvalue weighted by molar-refractivity contribution is -0.386. The summed E-state index contributed by atoms with van der Waals surface area (Å²) in [6.07, 6.45) is 4.12. The van der Waals surface area contributed by atoms with Gasteiger partial charge in [-0.1, -0.05) is 0 Å². The molecule has 1 aliphatic carbocycles. The molecule has 2 unspecified atom stereocenters. The Morgan fingerprint density at radius 3 is 2.82 bits per heavy atom. The standard InChI is InChI=1S/C15H19FN2O4/c1-21-11-7-12(16)15(18(19)20)13(8-11)17-10-4-5-22-14(6-10)9-2-3-9/h7-10,14,17H,2-6H2,1H3. The summed E-state index contributed by atoms with van der Waals surface area (Å²) in [4.78, 5) is 10.4. The van der Waals surface area contributed by atoms with Crippen LogP contribution in [0, 0.1) is 21.8 Å². The van der Waals surface area contributed by atoms with E-state index in [0.717, 1.165) is 18.9 Å². The van der Waals surface area contributed by atoms with Gasteiger partial charge in [0.25, 0.3) is 0 Å². The maximum atomic E-state index is 13.9. The molecule has 7 heteroatoms. The Morgan fingerprint density at radius 2 is 2.18 bits per heavy atom. The van der Waals surface area contributed by atoms with E-state index >= 15 is 0 Å². The minimum Gasteiger partial charge on any atom is -0.497 e. The molecule has 1 aromatic carbocycles. The van der Waals surface area contributed by atoms with Gasteiger partial charge in [0.2, 0.25) is 5.82 Å². The van der Waals surface area contributed by atoms with Gasteiger partial charge in [-0.05, 0) is 31.6 Å². The Kier molecular flexibility index (Phi) is 4.15. The molecule has 1 aromatic rings. The quantitative estimate of drug-likeness (QED) is 0.668. The van der Waals surface area contributed by atoms with Crippen molar-refractivity contribution in [2.24, 2.45) is 5.92 Å². The average molecular weight is 310 g/mol. The number of nitrogens with zero attached hydrogens (tertiary/aromatic N) is 1. The van der Waals surface area contributed by atoms with E-state index in [1.807, 2.05) is 0 Å². The SMILES string of the molecule is COc1cc(F)c([N+](=O)[O-])c(NC2CCOC(C3CC3)C2)c1. The van der Waals surface area contributed by atoms with Crippen LogP contribution in [0.15, 0.2) is 12.1 Å². The lowest BCUT2D eigenvalue weighted by Crippen LogP contribution is -2.35. The molecule has 0 amide bonds. The highest BCUT2D eigenvalue weighted by Gasteiger charge is 2.36. The first-order valence-corrected chi connectivity index (χ1v) is 7.48. The van der Waals surface area contributed by atoms with Crippen LogP contribution in [0.3, 0.4) is 0 Å². The minimum absolute atomic E-state index is 0.0459. The van der Waals surface area contributed by atoms with Crippen molar-refractivity contribution in [1.82, 2.24) is 0 Å². The summed E-state index contributed by atoms with van der Waals surface area (Å²) in [6, 6.07) is 2.55. The van der Waals surface area contributed by atoms with Crippen LogP contribution >= 0.6 is 0 Å². The summed E-state index contributed by atoms with van der Waals surface area (Å²) in [5, 5.41) is 14.2. The molecule has 2 fully saturated rings. The van der Waals surface area contributed by atoms with E-state index in [9.17, 15) is 14.5 Å². The van der Waals surface area contributed by atoms with Crippen molar-refractivity contribution in [3.63, 3.8) is 0 Å². The van der Waals surface area contributed by atoms with Crippen LogP contribution < -0.4 is 10.1 Å². The molecule has 1 N–H and O–H groups in total. The molecule has 120 valence electrons. The van der Waals surface area contributed by atoms with E-state index in [2.05, 4.69) is 5.32 Å². The zero-order valence-electron chi connectivity index (χ0n) is 12.4. The summed E-state index contributed by atoms with van der Waals surface area (Å²) in [5.74, 6) is -0.0179. The first-order valence-electron chi connectivity index (χ1n) is 7.48. The summed E-state index contributed by atoms with van der Waals surface area (Å²) >= 11 is 0. The summed E-state index contributed by atoms with van der Waals surface area (Å²) < 4.78 is 24.7. The first-order chi connectivity index (χ1) is 10.6. The van der Waals surface area contributed by atoms with Crippen LogP contribution in [-0.4, -0.2) is 30.8 Å². The molecule has 1 aliphatic heterocycles. The third kappa shape index (κ3) is 3.14. The summed E-state index contributed by atoms with van der Waals surface area (Å²) in [5.41, 5.74) is -0.362. The van der Waals surface area contributed by atoms with Crippen molar-refractivity contribution in [2.45, 2.75) is 37.8 Å². The molecule has 0 spiro atoms. The van der Waals surface area contributed by atoms with E-state index < -0.39 is 16.4 Å². The number of nitrogens with one attached hydrogen (secondary N) is 1. The normalized spacial score (nSPS) is 24.8. The fraction of sp³-hybridized carbons (Fsp3) is 0.600. The lowest BCUT2D eigenvalue weighted by atomic mass is 9.99. The van der Waals surface area contributed by atoms with Crippen molar-refractivity contribution in [1.29, 1.82) is 0 Å². The predicted octanol–water partition coefficient (Wildman–Crippen LogP) is 3.11. The van der Waals surface area contributed by atoms with Crippen molar-refractivity contribution in [3.05, 3.63) is 28.1 Å². The molecule has 0 bridgehead atoms. The fourth-order valence-electron chi connectivity index (χ4n) is 2.96. The molecule has 3 rings (SSSR count). The number of benzene rings is 1. The molecule has 0 aromatic heterocycles. The van der Waals surface area contributed by atoms with Gasteiger partial charge in [0.1, 0.15) is 11.4 Å². The Labute approximate surface area is 127 Å². The van der Waals surface area contributed by atoms with Gasteiger partial charge >= 0.3 is 5.69 Å². The molecule has 2 atom stereocenters. The number of halogens is 1. The molecule has 1 saturated carbocycles. The highest BCUT2D eigenvalue weighted by atomic mass is 19.1. The van der Waals surface area contributed by atoms with E-state index in [1.54, 1.807) is 0 Å². The number of anilines is 1. The van der Waals surface area contributed by atoms with Gasteiger partial charge in [-0.2, -0.15) is 4.39 Å². The van der Waals surface area contributed by atoms with Crippen LogP contribution in [0.25, 0.3) is 0 Å². The highest BCUT2D eigenvalue weighted by Crippen LogP contribution is 2.39. The zero-order chi connectivity index (χ0) is 15.7. The van der Waals surface area contributed by atoms with Crippen molar-refractivity contribution in [2.75, 3.05) is 19.0 Å². The first kappa shape index (κ1) is 15.0. The molecular weight excluding hydrogens is 291 g/mol. The van der Waals surface area contributed by atoms with Crippen LogP contribution in [0.1, 0.15) is 25.7 Å². The van der Waals surface area contributed by atoms with E-state index in [0.29, 0.717) is 12.5 Å². The maximum absolute atomic E-state index is 13.9. The molecular formula is C15H19FN2O4. The number of hydrogen-bond donors (Lipinski definition) is 1. The number of hydrogen-bond acceptors (Lipinski definition) is 5. The average Bonchev–Trinajstić information content (AvgIpc) is 3.31. The van der Waals surface area contributed by atoms with E-state index in [-0.39, 0.29) is 23.6 Å². The fourth-order valence-corrected chi connectivity index (χ4v) is 2.96. The summed E-state index contributed by atoms with van der Waals surface area (Å²) in [7, 11) is 1.40. The number of nitro groups is 1. The van der Waals surface area contributed by atoms with Gasteiger partial charge in [-0.25, -0.2) is 0 Å². The second kappa shape index (κ2) is 6.08.